The van der Waals surface area contributed by atoms with Gasteiger partial charge in [-0.15, -0.1) is 0 Å². The number of hydrogen-bond donors (Lipinski definition) is 2. The van der Waals surface area contributed by atoms with Crippen LogP contribution in [0.2, 0.25) is 0 Å². The highest BCUT2D eigenvalue weighted by atomic mass is 19.3. The average Bonchev–Trinajstić information content (AvgIpc) is 2.84. The minimum Gasteiger partial charge on any atom is -0.387 e. The van der Waals surface area contributed by atoms with Gasteiger partial charge in [-0.25, -0.2) is 0 Å². The van der Waals surface area contributed by atoms with Crippen molar-refractivity contribution in [3.63, 3.8) is 0 Å². The number of benzene rings is 1. The second-order valence-corrected chi connectivity index (χ2v) is 8.98. The van der Waals surface area contributed by atoms with Gasteiger partial charge in [-0.3, -0.25) is 9.78 Å². The summed E-state index contributed by atoms with van der Waals surface area (Å²) in [6, 6.07) is 9.82. The van der Waals surface area contributed by atoms with Crippen molar-refractivity contribution in [3.05, 3.63) is 65.1 Å². The summed E-state index contributed by atoms with van der Waals surface area (Å²) < 4.78 is 32.8. The minimum absolute atomic E-state index is 0.0794. The number of amides is 1. The van der Waals surface area contributed by atoms with E-state index < -0.39 is 23.6 Å². The zero-order chi connectivity index (χ0) is 24.7. The molecule has 0 spiro atoms. The van der Waals surface area contributed by atoms with Crippen LogP contribution < -0.4 is 10.2 Å². The average molecular weight is 482 g/mol. The summed E-state index contributed by atoms with van der Waals surface area (Å²) in [4.78, 5) is 18.6. The van der Waals surface area contributed by atoms with Gasteiger partial charge in [-0.05, 0) is 42.8 Å². The normalized spacial score (nSPS) is 19.6. The maximum absolute atomic E-state index is 13.6. The summed E-state index contributed by atoms with van der Waals surface area (Å²) in [6.07, 6.45) is 1.03. The number of aliphatic hydroxyl groups is 1. The second-order valence-electron chi connectivity index (χ2n) is 8.98. The van der Waals surface area contributed by atoms with Gasteiger partial charge in [0.2, 0.25) is 0 Å². The number of nitrogens with one attached hydrogen (secondary N) is 1. The molecule has 8 nitrogen and oxygen atoms in total. The van der Waals surface area contributed by atoms with E-state index in [1.165, 1.54) is 12.3 Å². The van der Waals surface area contributed by atoms with Crippen LogP contribution in [-0.4, -0.2) is 52.0 Å². The van der Waals surface area contributed by atoms with Gasteiger partial charge in [0.05, 0.1) is 30.6 Å². The number of alkyl halides is 2. The maximum atomic E-state index is 13.6. The Morgan fingerprint density at radius 1 is 1.23 bits per heavy atom. The van der Waals surface area contributed by atoms with Gasteiger partial charge in [0.15, 0.2) is 0 Å². The van der Waals surface area contributed by atoms with Crippen LogP contribution in [0.15, 0.2) is 42.6 Å². The fourth-order valence-electron chi connectivity index (χ4n) is 4.52. The van der Waals surface area contributed by atoms with Gasteiger partial charge in [-0.1, -0.05) is 6.07 Å². The molecule has 35 heavy (non-hydrogen) atoms. The quantitative estimate of drug-likeness (QED) is 0.584. The molecule has 2 aromatic heterocycles. The number of carbonyl (C=O) groups is 1. The molecule has 1 fully saturated rings. The van der Waals surface area contributed by atoms with E-state index in [1.807, 2.05) is 19.1 Å². The first-order valence-corrected chi connectivity index (χ1v) is 11.4. The van der Waals surface area contributed by atoms with Crippen LogP contribution in [0.4, 0.5) is 20.2 Å². The zero-order valence-corrected chi connectivity index (χ0v) is 19.3. The zero-order valence-electron chi connectivity index (χ0n) is 19.3. The lowest BCUT2D eigenvalue weighted by Gasteiger charge is -2.42. The van der Waals surface area contributed by atoms with E-state index in [9.17, 15) is 18.7 Å². The Hall–Kier alpha value is -3.50. The fraction of sp³-hybridized carbons (Fsp3) is 0.360. The summed E-state index contributed by atoms with van der Waals surface area (Å²) in [6.45, 7) is 4.52. The largest absolute Gasteiger partial charge is 0.387 e. The fourth-order valence-corrected chi connectivity index (χ4v) is 4.52. The van der Waals surface area contributed by atoms with Crippen molar-refractivity contribution in [1.29, 1.82) is 0 Å². The van der Waals surface area contributed by atoms with Crippen LogP contribution in [0, 0.1) is 6.92 Å². The molecule has 2 N–H and O–H groups in total. The van der Waals surface area contributed by atoms with Crippen LogP contribution in [0.5, 0.6) is 0 Å². The van der Waals surface area contributed by atoms with E-state index in [0.29, 0.717) is 43.3 Å². The lowest BCUT2D eigenvalue weighted by molar-refractivity contribution is 0.0127. The van der Waals surface area contributed by atoms with Gasteiger partial charge >= 0.3 is 0 Å². The number of carbonyl (C=O) groups excluding carboxylic acids is 1. The first-order valence-electron chi connectivity index (χ1n) is 11.4. The van der Waals surface area contributed by atoms with Gasteiger partial charge in [0.1, 0.15) is 17.5 Å². The van der Waals surface area contributed by atoms with E-state index in [2.05, 4.69) is 25.4 Å². The van der Waals surface area contributed by atoms with Crippen LogP contribution in [-0.2, 0) is 10.7 Å². The monoisotopic (exact) mass is 481 g/mol. The molecule has 10 heteroatoms. The molecule has 0 saturated carbocycles. The summed E-state index contributed by atoms with van der Waals surface area (Å²) in [7, 11) is 0. The standard InChI is InChI=1S/C25H25F2N5O3/c1-14-3-4-16(29-24(34)15-5-6-28-22(9-15)25(2,26)27)10-18(14)19-12-20-23(31-30-19)21(33)11-17-13-35-8-7-32(17)20/h3-6,9-10,12,17,21,33H,7-8,11,13H2,1-2H3,(H,29,34). The Morgan fingerprint density at radius 2 is 2.06 bits per heavy atom. The highest BCUT2D eigenvalue weighted by molar-refractivity contribution is 6.04. The second kappa shape index (κ2) is 8.94. The van der Waals surface area contributed by atoms with E-state index >= 15 is 0 Å². The first kappa shape index (κ1) is 23.3. The van der Waals surface area contributed by atoms with Crippen LogP contribution in [0.1, 0.15) is 46.8 Å². The van der Waals surface area contributed by atoms with E-state index in [4.69, 9.17) is 4.74 Å². The number of aromatic nitrogens is 3. The number of fused-ring (bicyclic) bond motifs is 3. The highest BCUT2D eigenvalue weighted by Gasteiger charge is 2.35. The lowest BCUT2D eigenvalue weighted by Crippen LogP contribution is -2.49. The van der Waals surface area contributed by atoms with Crippen LogP contribution >= 0.6 is 0 Å². The number of rotatable bonds is 4. The molecule has 0 aliphatic carbocycles. The van der Waals surface area contributed by atoms with Crippen molar-refractivity contribution < 1.29 is 23.4 Å². The Bertz CT molecular complexity index is 1280. The van der Waals surface area contributed by atoms with Crippen molar-refractivity contribution >= 4 is 17.3 Å². The number of morpholine rings is 1. The minimum atomic E-state index is -3.15. The molecule has 1 saturated heterocycles. The topological polar surface area (TPSA) is 100 Å². The van der Waals surface area contributed by atoms with Crippen molar-refractivity contribution in [3.8, 4) is 11.3 Å². The number of pyridine rings is 1. The van der Waals surface area contributed by atoms with Gasteiger partial charge in [-0.2, -0.15) is 19.0 Å². The molecule has 2 atom stereocenters. The third-order valence-corrected chi connectivity index (χ3v) is 6.39. The number of hydrogen-bond acceptors (Lipinski definition) is 7. The predicted octanol–water partition coefficient (Wildman–Crippen LogP) is 3.85. The molecule has 0 radical (unpaired) electrons. The number of ether oxygens (including phenoxy) is 1. The van der Waals surface area contributed by atoms with Crippen molar-refractivity contribution in [2.45, 2.75) is 38.3 Å². The van der Waals surface area contributed by atoms with Gasteiger partial charge < -0.3 is 20.1 Å². The number of nitrogens with zero attached hydrogens (tertiary/aromatic N) is 4. The highest BCUT2D eigenvalue weighted by Crippen LogP contribution is 2.39. The third-order valence-electron chi connectivity index (χ3n) is 6.39. The third kappa shape index (κ3) is 4.59. The molecular weight excluding hydrogens is 456 g/mol. The van der Waals surface area contributed by atoms with Crippen molar-refractivity contribution in [1.82, 2.24) is 15.2 Å². The van der Waals surface area contributed by atoms with E-state index in [0.717, 1.165) is 29.8 Å². The molecular formula is C25H25F2N5O3. The van der Waals surface area contributed by atoms with E-state index in [-0.39, 0.29) is 11.6 Å². The molecule has 4 heterocycles. The summed E-state index contributed by atoms with van der Waals surface area (Å²) >= 11 is 0. The maximum Gasteiger partial charge on any atom is 0.286 e. The van der Waals surface area contributed by atoms with Crippen LogP contribution in [0.3, 0.4) is 0 Å². The molecule has 2 unspecified atom stereocenters. The first-order chi connectivity index (χ1) is 16.7. The molecule has 1 amide bonds. The smallest absolute Gasteiger partial charge is 0.286 e. The predicted molar refractivity (Wildman–Crippen MR) is 125 cm³/mol. The SMILES string of the molecule is Cc1ccc(NC(=O)c2ccnc(C(C)(F)F)c2)cc1-c1cc2c(nn1)C(O)CC1COCCN21. The molecule has 3 aromatic rings. The Balaban J connectivity index is 1.44. The van der Waals surface area contributed by atoms with Gasteiger partial charge in [0.25, 0.3) is 11.8 Å². The van der Waals surface area contributed by atoms with Crippen molar-refractivity contribution in [2.75, 3.05) is 30.0 Å². The lowest BCUT2D eigenvalue weighted by atomic mass is 9.95. The molecule has 0 bridgehead atoms. The summed E-state index contributed by atoms with van der Waals surface area (Å²) in [5, 5.41) is 22.0. The number of halogens is 2. The van der Waals surface area contributed by atoms with Crippen LogP contribution in [0.25, 0.3) is 11.3 Å². The Morgan fingerprint density at radius 3 is 2.86 bits per heavy atom. The Labute approximate surface area is 201 Å². The summed E-state index contributed by atoms with van der Waals surface area (Å²) in [5.74, 6) is -3.67. The van der Waals surface area contributed by atoms with Gasteiger partial charge in [0, 0.05) is 42.9 Å². The number of anilines is 2. The summed E-state index contributed by atoms with van der Waals surface area (Å²) in [5.41, 5.74) is 3.77. The van der Waals surface area contributed by atoms with Crippen molar-refractivity contribution in [2.24, 2.45) is 0 Å². The molecule has 5 rings (SSSR count). The number of aryl methyl sites for hydroxylation is 1. The molecule has 2 aliphatic heterocycles. The Kier molecular flexibility index (Phi) is 5.94. The molecule has 2 aliphatic rings. The molecule has 182 valence electrons. The molecule has 1 aromatic carbocycles. The number of aliphatic hydroxyl groups excluding tert-OH is 1. The van der Waals surface area contributed by atoms with E-state index in [1.54, 1.807) is 12.1 Å².